The standard InChI is InChI=1S/C18H20ClN3O/c1-13(14-5-4-6-15(19)12-14)11-17(20)18(23)22-10-8-16-7-2-3-9-21-16/h2-7,9,11-13H,8,10,20H2,1H3,(H,22,23). The lowest BCUT2D eigenvalue weighted by Gasteiger charge is -2.10. The van der Waals surface area contributed by atoms with E-state index in [-0.39, 0.29) is 17.5 Å². The minimum Gasteiger partial charge on any atom is -0.395 e. The lowest BCUT2D eigenvalue weighted by atomic mass is 10.00. The van der Waals surface area contributed by atoms with E-state index in [2.05, 4.69) is 10.3 Å². The molecule has 0 fully saturated rings. The number of nitrogens with two attached hydrogens (primary N) is 1. The summed E-state index contributed by atoms with van der Waals surface area (Å²) in [5.41, 5.74) is 8.03. The summed E-state index contributed by atoms with van der Waals surface area (Å²) >= 11 is 5.98. The number of nitrogens with zero attached hydrogens (tertiary/aromatic N) is 1. The maximum Gasteiger partial charge on any atom is 0.266 e. The molecule has 1 heterocycles. The van der Waals surface area contributed by atoms with Crippen LogP contribution in [0.4, 0.5) is 0 Å². The molecular weight excluding hydrogens is 310 g/mol. The zero-order valence-electron chi connectivity index (χ0n) is 13.0. The van der Waals surface area contributed by atoms with Gasteiger partial charge in [-0.3, -0.25) is 9.78 Å². The van der Waals surface area contributed by atoms with Crippen LogP contribution in [0.15, 0.2) is 60.4 Å². The van der Waals surface area contributed by atoms with E-state index in [0.717, 1.165) is 11.3 Å². The predicted molar refractivity (Wildman–Crippen MR) is 93.1 cm³/mol. The monoisotopic (exact) mass is 329 g/mol. The number of hydrogen-bond acceptors (Lipinski definition) is 3. The van der Waals surface area contributed by atoms with Crippen LogP contribution in [0.3, 0.4) is 0 Å². The van der Waals surface area contributed by atoms with E-state index >= 15 is 0 Å². The third-order valence-electron chi connectivity index (χ3n) is 3.46. The summed E-state index contributed by atoms with van der Waals surface area (Å²) < 4.78 is 0. The van der Waals surface area contributed by atoms with E-state index in [1.54, 1.807) is 12.3 Å². The van der Waals surface area contributed by atoms with E-state index in [1.807, 2.05) is 49.4 Å². The van der Waals surface area contributed by atoms with Crippen LogP contribution in [0.2, 0.25) is 5.02 Å². The van der Waals surface area contributed by atoms with Crippen molar-refractivity contribution in [1.82, 2.24) is 10.3 Å². The fraction of sp³-hybridized carbons (Fsp3) is 0.222. The van der Waals surface area contributed by atoms with Crippen LogP contribution in [0.1, 0.15) is 24.1 Å². The summed E-state index contributed by atoms with van der Waals surface area (Å²) in [6, 6.07) is 13.2. The maximum absolute atomic E-state index is 12.0. The lowest BCUT2D eigenvalue weighted by Crippen LogP contribution is -2.30. The topological polar surface area (TPSA) is 68.0 Å². The molecule has 0 radical (unpaired) electrons. The van der Waals surface area contributed by atoms with Crippen molar-refractivity contribution >= 4 is 17.5 Å². The summed E-state index contributed by atoms with van der Waals surface area (Å²) in [6.45, 7) is 2.47. The van der Waals surface area contributed by atoms with Crippen LogP contribution in [0, 0.1) is 0 Å². The predicted octanol–water partition coefficient (Wildman–Crippen LogP) is 3.04. The smallest absolute Gasteiger partial charge is 0.266 e. The van der Waals surface area contributed by atoms with Crippen LogP contribution >= 0.6 is 11.6 Å². The number of hydrogen-bond donors (Lipinski definition) is 2. The van der Waals surface area contributed by atoms with E-state index < -0.39 is 0 Å². The largest absolute Gasteiger partial charge is 0.395 e. The molecule has 3 N–H and O–H groups in total. The average molecular weight is 330 g/mol. The van der Waals surface area contributed by atoms with Gasteiger partial charge < -0.3 is 11.1 Å². The summed E-state index contributed by atoms with van der Waals surface area (Å²) in [4.78, 5) is 16.2. The van der Waals surface area contributed by atoms with E-state index in [4.69, 9.17) is 17.3 Å². The van der Waals surface area contributed by atoms with Gasteiger partial charge in [0.2, 0.25) is 0 Å². The third-order valence-corrected chi connectivity index (χ3v) is 3.69. The Hall–Kier alpha value is -2.33. The van der Waals surface area contributed by atoms with Crippen molar-refractivity contribution in [2.24, 2.45) is 5.73 Å². The molecule has 4 nitrogen and oxygen atoms in total. The molecule has 0 bridgehead atoms. The van der Waals surface area contributed by atoms with Gasteiger partial charge in [-0.2, -0.15) is 0 Å². The maximum atomic E-state index is 12.0. The molecule has 5 heteroatoms. The number of halogens is 1. The first-order chi connectivity index (χ1) is 11.1. The molecule has 1 unspecified atom stereocenters. The molecule has 0 saturated heterocycles. The number of rotatable bonds is 6. The van der Waals surface area contributed by atoms with Crippen molar-refractivity contribution in [3.8, 4) is 0 Å². The van der Waals surface area contributed by atoms with Crippen molar-refractivity contribution in [2.75, 3.05) is 6.54 Å². The number of carbonyl (C=O) groups excluding carboxylic acids is 1. The van der Waals surface area contributed by atoms with Gasteiger partial charge >= 0.3 is 0 Å². The number of amides is 1. The van der Waals surface area contributed by atoms with Gasteiger partial charge in [-0.05, 0) is 35.9 Å². The van der Waals surface area contributed by atoms with Crippen molar-refractivity contribution in [3.05, 3.63) is 76.7 Å². The van der Waals surface area contributed by atoms with Gasteiger partial charge in [0.1, 0.15) is 0 Å². The van der Waals surface area contributed by atoms with Crippen LogP contribution in [0.5, 0.6) is 0 Å². The van der Waals surface area contributed by atoms with E-state index in [0.29, 0.717) is 18.0 Å². The van der Waals surface area contributed by atoms with Gasteiger partial charge in [-0.1, -0.05) is 36.7 Å². The Morgan fingerprint density at radius 2 is 2.17 bits per heavy atom. The highest BCUT2D eigenvalue weighted by Crippen LogP contribution is 2.20. The van der Waals surface area contributed by atoms with Crippen LogP contribution in [-0.4, -0.2) is 17.4 Å². The van der Waals surface area contributed by atoms with Crippen molar-refractivity contribution in [3.63, 3.8) is 0 Å². The molecule has 23 heavy (non-hydrogen) atoms. The Morgan fingerprint density at radius 1 is 1.35 bits per heavy atom. The molecule has 2 rings (SSSR count). The van der Waals surface area contributed by atoms with Crippen molar-refractivity contribution in [2.45, 2.75) is 19.3 Å². The molecule has 2 aromatic rings. The van der Waals surface area contributed by atoms with Gasteiger partial charge in [0, 0.05) is 35.8 Å². The number of nitrogens with one attached hydrogen (secondary N) is 1. The molecule has 0 saturated carbocycles. The number of benzene rings is 1. The van der Waals surface area contributed by atoms with E-state index in [9.17, 15) is 4.79 Å². The van der Waals surface area contributed by atoms with Crippen molar-refractivity contribution in [1.29, 1.82) is 0 Å². The molecule has 1 aromatic carbocycles. The van der Waals surface area contributed by atoms with Crippen molar-refractivity contribution < 1.29 is 4.79 Å². The second-order valence-electron chi connectivity index (χ2n) is 5.29. The van der Waals surface area contributed by atoms with Gasteiger partial charge in [0.25, 0.3) is 5.91 Å². The molecule has 1 aromatic heterocycles. The number of allylic oxidation sites excluding steroid dienone is 1. The van der Waals surface area contributed by atoms with Gasteiger partial charge in [-0.15, -0.1) is 0 Å². The summed E-state index contributed by atoms with van der Waals surface area (Å²) in [5, 5.41) is 3.47. The fourth-order valence-electron chi connectivity index (χ4n) is 2.18. The highest BCUT2D eigenvalue weighted by molar-refractivity contribution is 6.30. The Bertz CT molecular complexity index is 686. The number of pyridine rings is 1. The molecule has 120 valence electrons. The zero-order chi connectivity index (χ0) is 16.7. The summed E-state index contributed by atoms with van der Waals surface area (Å²) in [6.07, 6.45) is 4.14. The highest BCUT2D eigenvalue weighted by Gasteiger charge is 2.09. The van der Waals surface area contributed by atoms with Crippen LogP contribution < -0.4 is 11.1 Å². The molecule has 0 aliphatic rings. The minimum atomic E-state index is -0.269. The van der Waals surface area contributed by atoms with Crippen LogP contribution in [-0.2, 0) is 11.2 Å². The molecule has 0 spiro atoms. The Labute approximate surface area is 141 Å². The third kappa shape index (κ3) is 5.42. The normalized spacial score (nSPS) is 12.7. The van der Waals surface area contributed by atoms with Gasteiger partial charge in [-0.25, -0.2) is 0 Å². The number of carbonyl (C=O) groups is 1. The first-order valence-corrected chi connectivity index (χ1v) is 7.85. The van der Waals surface area contributed by atoms with Gasteiger partial charge in [0.15, 0.2) is 0 Å². The minimum absolute atomic E-state index is 0.00948. The SMILES string of the molecule is CC(C=C(N)C(=O)NCCc1ccccn1)c1cccc(Cl)c1. The second-order valence-corrected chi connectivity index (χ2v) is 5.73. The first-order valence-electron chi connectivity index (χ1n) is 7.47. The lowest BCUT2D eigenvalue weighted by molar-refractivity contribution is -0.117. The average Bonchev–Trinajstić information content (AvgIpc) is 2.55. The quantitative estimate of drug-likeness (QED) is 0.800. The molecule has 1 amide bonds. The molecule has 0 aliphatic carbocycles. The van der Waals surface area contributed by atoms with E-state index in [1.165, 1.54) is 0 Å². The summed E-state index contributed by atoms with van der Waals surface area (Å²) in [7, 11) is 0. The number of aromatic nitrogens is 1. The molecular formula is C18H20ClN3O. The zero-order valence-corrected chi connectivity index (χ0v) is 13.8. The Morgan fingerprint density at radius 3 is 2.87 bits per heavy atom. The second kappa shape index (κ2) is 8.34. The van der Waals surface area contributed by atoms with Crippen LogP contribution in [0.25, 0.3) is 0 Å². The molecule has 0 aliphatic heterocycles. The Kier molecular flexibility index (Phi) is 6.18. The highest BCUT2D eigenvalue weighted by atomic mass is 35.5. The summed E-state index contributed by atoms with van der Waals surface area (Å²) in [5.74, 6) is -0.259. The fourth-order valence-corrected chi connectivity index (χ4v) is 2.38. The Balaban J connectivity index is 1.88. The van der Waals surface area contributed by atoms with Gasteiger partial charge in [0.05, 0.1) is 5.70 Å². The first kappa shape index (κ1) is 17.0. The molecule has 1 atom stereocenters.